The lowest BCUT2D eigenvalue weighted by atomic mass is 10.2. The first-order valence-corrected chi connectivity index (χ1v) is 12.8. The molecule has 1 amide bonds. The average molecular weight is 507 g/mol. The number of halogens is 1. The molecule has 7 nitrogen and oxygen atoms in total. The average Bonchev–Trinajstić information content (AvgIpc) is 3.12. The highest BCUT2D eigenvalue weighted by molar-refractivity contribution is 7.99. The minimum Gasteiger partial charge on any atom is -0.486 e. The van der Waals surface area contributed by atoms with Crippen LogP contribution >= 0.6 is 34.7 Å². The van der Waals surface area contributed by atoms with E-state index in [1.54, 1.807) is 23.3 Å². The van der Waals surface area contributed by atoms with Gasteiger partial charge in [-0.15, -0.1) is 11.8 Å². The van der Waals surface area contributed by atoms with Crippen LogP contribution in [0.5, 0.6) is 11.5 Å². The molecule has 1 aliphatic rings. The van der Waals surface area contributed by atoms with Crippen molar-refractivity contribution in [2.75, 3.05) is 25.6 Å². The molecule has 0 fully saturated rings. The van der Waals surface area contributed by atoms with Gasteiger partial charge in [0.2, 0.25) is 5.91 Å². The summed E-state index contributed by atoms with van der Waals surface area (Å²) >= 11 is 8.91. The third kappa shape index (κ3) is 6.10. The van der Waals surface area contributed by atoms with E-state index in [1.807, 2.05) is 36.4 Å². The molecule has 0 N–H and O–H groups in total. The van der Waals surface area contributed by atoms with E-state index in [4.69, 9.17) is 25.8 Å². The zero-order valence-corrected chi connectivity index (χ0v) is 20.4. The second-order valence-electron chi connectivity index (χ2n) is 7.15. The quantitative estimate of drug-likeness (QED) is 0.250. The molecule has 0 spiro atoms. The molecule has 33 heavy (non-hydrogen) atoms. The van der Waals surface area contributed by atoms with Gasteiger partial charge in [0.1, 0.15) is 19.8 Å². The van der Waals surface area contributed by atoms with E-state index in [-0.39, 0.29) is 25.0 Å². The van der Waals surface area contributed by atoms with Gasteiger partial charge in [0.15, 0.2) is 16.3 Å². The number of thiazole rings is 1. The van der Waals surface area contributed by atoms with Crippen LogP contribution in [0.4, 0.5) is 0 Å². The van der Waals surface area contributed by atoms with Crippen LogP contribution < -0.4 is 14.3 Å². The molecule has 4 rings (SSSR count). The summed E-state index contributed by atoms with van der Waals surface area (Å²) in [6.07, 6.45) is 1.01. The summed E-state index contributed by atoms with van der Waals surface area (Å²) in [5, 5.41) is 0.701. The highest BCUT2D eigenvalue weighted by Crippen LogP contribution is 2.35. The van der Waals surface area contributed by atoms with Crippen molar-refractivity contribution in [3.8, 4) is 11.5 Å². The Morgan fingerprint density at radius 2 is 1.91 bits per heavy atom. The standard InChI is InChI=1S/C23H23ClN2O5S2/c1-2-29-22(28)14-26-17-12-18-19(31-10-9-30-18)13-20(17)33-23(26)25-21(27)4-3-11-32-16-7-5-15(24)6-8-16/h5-8,12-13H,2-4,9-11,14H2,1H3. The number of esters is 1. The molecule has 174 valence electrons. The maximum Gasteiger partial charge on any atom is 0.326 e. The fraction of sp³-hybridized carbons (Fsp3) is 0.348. The second kappa shape index (κ2) is 11.1. The summed E-state index contributed by atoms with van der Waals surface area (Å²) in [5.41, 5.74) is 0.752. The molecule has 0 unspecified atom stereocenters. The van der Waals surface area contributed by atoms with Crippen molar-refractivity contribution in [2.45, 2.75) is 31.2 Å². The van der Waals surface area contributed by atoms with Crippen LogP contribution in [0.1, 0.15) is 19.8 Å². The number of hydrogen-bond donors (Lipinski definition) is 0. The van der Waals surface area contributed by atoms with Crippen molar-refractivity contribution >= 4 is 56.8 Å². The first-order chi connectivity index (χ1) is 16.0. The van der Waals surface area contributed by atoms with E-state index in [1.165, 1.54) is 11.3 Å². The number of benzene rings is 2. The number of thioether (sulfide) groups is 1. The topological polar surface area (TPSA) is 79.1 Å². The summed E-state index contributed by atoms with van der Waals surface area (Å²) < 4.78 is 19.0. The Balaban J connectivity index is 1.52. The van der Waals surface area contributed by atoms with Gasteiger partial charge in [0, 0.05) is 28.5 Å². The lowest BCUT2D eigenvalue weighted by Crippen LogP contribution is -2.23. The fourth-order valence-corrected chi connectivity index (χ4v) is 5.32. The molecule has 10 heteroatoms. The third-order valence-electron chi connectivity index (χ3n) is 4.78. The lowest BCUT2D eigenvalue weighted by Gasteiger charge is -2.18. The van der Waals surface area contributed by atoms with Crippen LogP contribution in [0.2, 0.25) is 5.02 Å². The molecule has 0 saturated heterocycles. The van der Waals surface area contributed by atoms with Gasteiger partial charge in [-0.1, -0.05) is 22.9 Å². The molecule has 0 saturated carbocycles. The Bertz CT molecular complexity index is 1220. The molecule has 2 heterocycles. The highest BCUT2D eigenvalue weighted by atomic mass is 35.5. The summed E-state index contributed by atoms with van der Waals surface area (Å²) in [4.78, 5) is 30.7. The molecular weight excluding hydrogens is 484 g/mol. The lowest BCUT2D eigenvalue weighted by molar-refractivity contribution is -0.143. The van der Waals surface area contributed by atoms with Crippen molar-refractivity contribution in [1.29, 1.82) is 0 Å². The van der Waals surface area contributed by atoms with E-state index in [9.17, 15) is 9.59 Å². The van der Waals surface area contributed by atoms with Gasteiger partial charge in [-0.05, 0) is 43.4 Å². The summed E-state index contributed by atoms with van der Waals surface area (Å²) in [5.74, 6) is 1.43. The number of aromatic nitrogens is 1. The third-order valence-corrected chi connectivity index (χ3v) is 7.17. The predicted octanol–water partition coefficient (Wildman–Crippen LogP) is 4.69. The number of nitrogens with zero attached hydrogens (tertiary/aromatic N) is 2. The first kappa shape index (κ1) is 23.7. The van der Waals surface area contributed by atoms with Gasteiger partial charge in [0.05, 0.1) is 16.8 Å². The van der Waals surface area contributed by atoms with Crippen molar-refractivity contribution in [2.24, 2.45) is 4.99 Å². The Morgan fingerprint density at radius 1 is 1.18 bits per heavy atom. The summed E-state index contributed by atoms with van der Waals surface area (Å²) in [7, 11) is 0. The highest BCUT2D eigenvalue weighted by Gasteiger charge is 2.18. The van der Waals surface area contributed by atoms with E-state index in [0.717, 1.165) is 20.9 Å². The Hall–Kier alpha value is -2.49. The van der Waals surface area contributed by atoms with Crippen LogP contribution in [0.15, 0.2) is 46.3 Å². The smallest absolute Gasteiger partial charge is 0.326 e. The number of amides is 1. The largest absolute Gasteiger partial charge is 0.486 e. The van der Waals surface area contributed by atoms with Crippen LogP contribution in [0.25, 0.3) is 10.2 Å². The van der Waals surface area contributed by atoms with Crippen molar-refractivity contribution in [3.63, 3.8) is 0 Å². The molecule has 2 aromatic carbocycles. The van der Waals surface area contributed by atoms with Gasteiger partial charge in [-0.2, -0.15) is 4.99 Å². The summed E-state index contributed by atoms with van der Waals surface area (Å²) in [6, 6.07) is 11.3. The monoisotopic (exact) mass is 506 g/mol. The number of fused-ring (bicyclic) bond motifs is 2. The summed E-state index contributed by atoms with van der Waals surface area (Å²) in [6.45, 7) is 2.95. The zero-order valence-electron chi connectivity index (χ0n) is 18.0. The molecule has 3 aromatic rings. The van der Waals surface area contributed by atoms with Gasteiger partial charge >= 0.3 is 5.97 Å². The van der Waals surface area contributed by atoms with Crippen LogP contribution in [-0.4, -0.2) is 42.0 Å². The van der Waals surface area contributed by atoms with Gasteiger partial charge in [-0.3, -0.25) is 9.59 Å². The van der Waals surface area contributed by atoms with Gasteiger partial charge in [-0.25, -0.2) is 0 Å². The van der Waals surface area contributed by atoms with Crippen molar-refractivity contribution < 1.29 is 23.8 Å². The Morgan fingerprint density at radius 3 is 2.64 bits per heavy atom. The Labute approximate surface area is 204 Å². The van der Waals surface area contributed by atoms with Gasteiger partial charge in [0.25, 0.3) is 0 Å². The van der Waals surface area contributed by atoms with E-state index in [2.05, 4.69) is 4.99 Å². The number of hydrogen-bond acceptors (Lipinski definition) is 7. The number of ether oxygens (including phenoxy) is 3. The molecule has 0 radical (unpaired) electrons. The molecular formula is C23H23ClN2O5S2. The van der Waals surface area contributed by atoms with E-state index in [0.29, 0.717) is 47.4 Å². The molecule has 1 aromatic heterocycles. The number of carbonyl (C=O) groups excluding carboxylic acids is 2. The molecule has 1 aliphatic heterocycles. The molecule has 0 aliphatic carbocycles. The van der Waals surface area contributed by atoms with Gasteiger partial charge < -0.3 is 18.8 Å². The van der Waals surface area contributed by atoms with Crippen LogP contribution in [0, 0.1) is 0 Å². The fourth-order valence-electron chi connectivity index (χ4n) is 3.29. The minimum absolute atomic E-state index is 0.0357. The zero-order chi connectivity index (χ0) is 23.2. The van der Waals surface area contributed by atoms with Crippen LogP contribution in [-0.2, 0) is 20.9 Å². The Kier molecular flexibility index (Phi) is 7.95. The molecule has 0 atom stereocenters. The number of carbonyl (C=O) groups is 2. The van der Waals surface area contributed by atoms with Crippen LogP contribution in [0.3, 0.4) is 0 Å². The predicted molar refractivity (Wildman–Crippen MR) is 129 cm³/mol. The maximum absolute atomic E-state index is 12.6. The number of rotatable bonds is 8. The second-order valence-corrected chi connectivity index (χ2v) is 9.76. The minimum atomic E-state index is -0.389. The van der Waals surface area contributed by atoms with E-state index < -0.39 is 0 Å². The van der Waals surface area contributed by atoms with Crippen molar-refractivity contribution in [3.05, 3.63) is 46.2 Å². The normalized spacial score (nSPS) is 13.3. The van der Waals surface area contributed by atoms with Crippen molar-refractivity contribution in [1.82, 2.24) is 4.57 Å². The molecule has 0 bridgehead atoms. The first-order valence-electron chi connectivity index (χ1n) is 10.6. The maximum atomic E-state index is 12.6. The van der Waals surface area contributed by atoms with E-state index >= 15 is 0 Å². The SMILES string of the molecule is CCOC(=O)Cn1c(=NC(=O)CCCSc2ccc(Cl)cc2)sc2cc3c(cc21)OCCO3.